The molecule has 0 bridgehead atoms. The Morgan fingerprint density at radius 1 is 1.39 bits per heavy atom. The first-order valence-electron chi connectivity index (χ1n) is 8.36. The first-order valence-corrected chi connectivity index (χ1v) is 8.36. The molecule has 2 amide bonds. The van der Waals surface area contributed by atoms with Gasteiger partial charge in [-0.2, -0.15) is 0 Å². The maximum atomic E-state index is 12.3. The van der Waals surface area contributed by atoms with Crippen LogP contribution in [-0.4, -0.2) is 49.4 Å². The number of para-hydroxylation sites is 1. The second-order valence-electron chi connectivity index (χ2n) is 6.27. The van der Waals surface area contributed by atoms with Crippen LogP contribution >= 0.6 is 0 Å². The molecule has 0 aliphatic carbocycles. The quantitative estimate of drug-likeness (QED) is 0.835. The van der Waals surface area contributed by atoms with Crippen molar-refractivity contribution in [1.29, 1.82) is 0 Å². The third-order valence-electron chi connectivity index (χ3n) is 4.67. The van der Waals surface area contributed by atoms with Crippen LogP contribution in [0.5, 0.6) is 0 Å². The Bertz CT molecular complexity index is 532. The van der Waals surface area contributed by atoms with Crippen LogP contribution in [0.3, 0.4) is 0 Å². The zero-order valence-electron chi connectivity index (χ0n) is 14.3. The van der Waals surface area contributed by atoms with Crippen molar-refractivity contribution in [2.45, 2.75) is 32.7 Å². The van der Waals surface area contributed by atoms with Gasteiger partial charge in [0.15, 0.2) is 0 Å². The smallest absolute Gasteiger partial charge is 0.227 e. The maximum Gasteiger partial charge on any atom is 0.227 e. The van der Waals surface area contributed by atoms with Crippen molar-refractivity contribution >= 4 is 17.5 Å². The molecule has 1 N–H and O–H groups in total. The summed E-state index contributed by atoms with van der Waals surface area (Å²) in [5, 5.41) is 2.97. The SMILES string of the molecule is CC[C@H](C)N(C)CCNC(=O)[C@H]1CC(=O)N(c2ccccc2)C1. The Morgan fingerprint density at radius 3 is 2.74 bits per heavy atom. The predicted octanol–water partition coefficient (Wildman–Crippen LogP) is 1.89. The average Bonchev–Trinajstić information content (AvgIpc) is 2.96. The van der Waals surface area contributed by atoms with E-state index >= 15 is 0 Å². The summed E-state index contributed by atoms with van der Waals surface area (Å²) < 4.78 is 0. The summed E-state index contributed by atoms with van der Waals surface area (Å²) in [6.07, 6.45) is 1.38. The van der Waals surface area contributed by atoms with Crippen LogP contribution in [0.2, 0.25) is 0 Å². The largest absolute Gasteiger partial charge is 0.355 e. The Hall–Kier alpha value is -1.88. The first kappa shape index (κ1) is 17.5. The van der Waals surface area contributed by atoms with E-state index in [1.807, 2.05) is 30.3 Å². The van der Waals surface area contributed by atoms with Gasteiger partial charge in [-0.15, -0.1) is 0 Å². The molecule has 0 aromatic heterocycles. The molecule has 126 valence electrons. The van der Waals surface area contributed by atoms with Gasteiger partial charge in [-0.05, 0) is 32.5 Å². The number of hydrogen-bond donors (Lipinski definition) is 1. The van der Waals surface area contributed by atoms with E-state index in [0.29, 0.717) is 25.6 Å². The van der Waals surface area contributed by atoms with Crippen LogP contribution in [0, 0.1) is 5.92 Å². The molecule has 0 spiro atoms. The Labute approximate surface area is 138 Å². The van der Waals surface area contributed by atoms with E-state index < -0.39 is 0 Å². The van der Waals surface area contributed by atoms with Gasteiger partial charge in [0.25, 0.3) is 0 Å². The lowest BCUT2D eigenvalue weighted by atomic mass is 10.1. The molecular weight excluding hydrogens is 290 g/mol. The van der Waals surface area contributed by atoms with E-state index in [1.54, 1.807) is 4.90 Å². The van der Waals surface area contributed by atoms with Gasteiger partial charge in [0.05, 0.1) is 5.92 Å². The van der Waals surface area contributed by atoms with E-state index in [-0.39, 0.29) is 17.7 Å². The van der Waals surface area contributed by atoms with Crippen LogP contribution in [-0.2, 0) is 9.59 Å². The molecule has 0 saturated carbocycles. The van der Waals surface area contributed by atoms with Crippen LogP contribution in [0.25, 0.3) is 0 Å². The van der Waals surface area contributed by atoms with Crippen molar-refractivity contribution in [1.82, 2.24) is 10.2 Å². The number of nitrogens with zero attached hydrogens (tertiary/aromatic N) is 2. The lowest BCUT2D eigenvalue weighted by Gasteiger charge is -2.23. The highest BCUT2D eigenvalue weighted by atomic mass is 16.2. The van der Waals surface area contributed by atoms with Crippen molar-refractivity contribution in [3.8, 4) is 0 Å². The standard InChI is InChI=1S/C18H27N3O2/c1-4-14(2)20(3)11-10-19-18(23)15-12-17(22)21(13-15)16-8-6-5-7-9-16/h5-9,14-15H,4,10-13H2,1-3H3,(H,19,23)/t14-,15-/m0/s1. The number of nitrogens with one attached hydrogen (secondary N) is 1. The number of carbonyl (C=O) groups is 2. The fourth-order valence-electron chi connectivity index (χ4n) is 2.77. The molecule has 1 aliphatic rings. The zero-order valence-corrected chi connectivity index (χ0v) is 14.3. The number of likely N-dealkylation sites (N-methyl/N-ethyl adjacent to an activating group) is 1. The van der Waals surface area contributed by atoms with Crippen molar-refractivity contribution in [3.05, 3.63) is 30.3 Å². The van der Waals surface area contributed by atoms with Crippen LogP contribution in [0.1, 0.15) is 26.7 Å². The molecule has 1 heterocycles. The molecule has 1 aromatic carbocycles. The molecule has 1 aromatic rings. The number of carbonyl (C=O) groups excluding carboxylic acids is 2. The highest BCUT2D eigenvalue weighted by Gasteiger charge is 2.34. The summed E-state index contributed by atoms with van der Waals surface area (Å²) in [6, 6.07) is 10.0. The lowest BCUT2D eigenvalue weighted by molar-refractivity contribution is -0.126. The van der Waals surface area contributed by atoms with Crippen LogP contribution < -0.4 is 10.2 Å². The molecule has 0 unspecified atom stereocenters. The van der Waals surface area contributed by atoms with E-state index in [4.69, 9.17) is 0 Å². The van der Waals surface area contributed by atoms with Gasteiger partial charge >= 0.3 is 0 Å². The molecule has 0 radical (unpaired) electrons. The van der Waals surface area contributed by atoms with Crippen LogP contribution in [0.15, 0.2) is 30.3 Å². The van der Waals surface area contributed by atoms with E-state index in [1.165, 1.54) is 0 Å². The van der Waals surface area contributed by atoms with Gasteiger partial charge in [-0.1, -0.05) is 25.1 Å². The highest BCUT2D eigenvalue weighted by Crippen LogP contribution is 2.24. The molecule has 1 fully saturated rings. The number of rotatable bonds is 7. The van der Waals surface area contributed by atoms with Gasteiger partial charge in [-0.25, -0.2) is 0 Å². The first-order chi connectivity index (χ1) is 11.0. The van der Waals surface area contributed by atoms with Gasteiger partial charge in [0.2, 0.25) is 11.8 Å². The topological polar surface area (TPSA) is 52.7 Å². The molecule has 2 atom stereocenters. The number of hydrogen-bond acceptors (Lipinski definition) is 3. The number of anilines is 1. The summed E-state index contributed by atoms with van der Waals surface area (Å²) in [5.74, 6) is -0.251. The minimum Gasteiger partial charge on any atom is -0.355 e. The second kappa shape index (κ2) is 8.11. The fourth-order valence-corrected chi connectivity index (χ4v) is 2.77. The van der Waals surface area contributed by atoms with Crippen molar-refractivity contribution in [2.24, 2.45) is 5.92 Å². The summed E-state index contributed by atoms with van der Waals surface area (Å²) in [5.41, 5.74) is 0.865. The normalized spacial score (nSPS) is 19.2. The molecule has 1 aliphatic heterocycles. The molecule has 5 heteroatoms. The predicted molar refractivity (Wildman–Crippen MR) is 92.3 cm³/mol. The molecule has 23 heavy (non-hydrogen) atoms. The second-order valence-corrected chi connectivity index (χ2v) is 6.27. The maximum absolute atomic E-state index is 12.3. The summed E-state index contributed by atoms with van der Waals surface area (Å²) in [6.45, 7) is 6.24. The Morgan fingerprint density at radius 2 is 2.09 bits per heavy atom. The van der Waals surface area contributed by atoms with Gasteiger partial charge < -0.3 is 15.1 Å². The number of amides is 2. The van der Waals surface area contributed by atoms with E-state index in [2.05, 4.69) is 31.1 Å². The van der Waals surface area contributed by atoms with Crippen molar-refractivity contribution in [2.75, 3.05) is 31.6 Å². The number of benzene rings is 1. The summed E-state index contributed by atoms with van der Waals surface area (Å²) >= 11 is 0. The third kappa shape index (κ3) is 4.55. The molecule has 2 rings (SSSR count). The Kier molecular flexibility index (Phi) is 6.16. The average molecular weight is 317 g/mol. The van der Waals surface area contributed by atoms with Gasteiger partial charge in [0, 0.05) is 37.8 Å². The van der Waals surface area contributed by atoms with Crippen molar-refractivity contribution < 1.29 is 9.59 Å². The van der Waals surface area contributed by atoms with Crippen molar-refractivity contribution in [3.63, 3.8) is 0 Å². The highest BCUT2D eigenvalue weighted by molar-refractivity contribution is 6.00. The monoisotopic (exact) mass is 317 g/mol. The molecule has 5 nitrogen and oxygen atoms in total. The molecule has 1 saturated heterocycles. The van der Waals surface area contributed by atoms with E-state index in [0.717, 1.165) is 18.7 Å². The Balaban J connectivity index is 1.81. The van der Waals surface area contributed by atoms with Gasteiger partial charge in [0.1, 0.15) is 0 Å². The summed E-state index contributed by atoms with van der Waals surface area (Å²) in [4.78, 5) is 28.4. The summed E-state index contributed by atoms with van der Waals surface area (Å²) in [7, 11) is 2.07. The zero-order chi connectivity index (χ0) is 16.8. The fraction of sp³-hybridized carbons (Fsp3) is 0.556. The lowest BCUT2D eigenvalue weighted by Crippen LogP contribution is -2.39. The van der Waals surface area contributed by atoms with Gasteiger partial charge in [-0.3, -0.25) is 9.59 Å². The minimum atomic E-state index is -0.253. The third-order valence-corrected chi connectivity index (χ3v) is 4.67. The minimum absolute atomic E-state index is 0.0191. The van der Waals surface area contributed by atoms with E-state index in [9.17, 15) is 9.59 Å². The molecular formula is C18H27N3O2. The van der Waals surface area contributed by atoms with Crippen LogP contribution in [0.4, 0.5) is 5.69 Å².